The maximum atomic E-state index is 13.1. The number of rotatable bonds is 4. The molecule has 3 amide bonds. The summed E-state index contributed by atoms with van der Waals surface area (Å²) < 4.78 is 13.1. The molecule has 0 aliphatic rings. The number of halogens is 1. The van der Waals surface area contributed by atoms with Crippen LogP contribution in [0.1, 0.15) is 6.92 Å². The molecule has 0 aliphatic heterocycles. The summed E-state index contributed by atoms with van der Waals surface area (Å²) in [5.41, 5.74) is 4.12. The Bertz CT molecular complexity index is 534. The molecule has 19 heavy (non-hydrogen) atoms. The van der Waals surface area contributed by atoms with Gasteiger partial charge in [-0.2, -0.15) is 4.39 Å². The number of nitrogens with two attached hydrogens (primary N) is 1. The molecule has 1 rings (SSSR count). The van der Waals surface area contributed by atoms with E-state index in [1.54, 1.807) is 0 Å². The van der Waals surface area contributed by atoms with Gasteiger partial charge in [-0.3, -0.25) is 14.9 Å². The van der Waals surface area contributed by atoms with Crippen LogP contribution in [0.4, 0.5) is 20.6 Å². The second kappa shape index (κ2) is 5.76. The van der Waals surface area contributed by atoms with E-state index < -0.39 is 34.4 Å². The van der Waals surface area contributed by atoms with Crippen LogP contribution >= 0.6 is 0 Å². The van der Waals surface area contributed by atoms with E-state index in [1.165, 1.54) is 6.92 Å². The van der Waals surface area contributed by atoms with Crippen molar-refractivity contribution in [1.29, 1.82) is 0 Å². The average Bonchev–Trinajstić information content (AvgIpc) is 2.30. The number of urea groups is 1. The van der Waals surface area contributed by atoms with E-state index >= 15 is 0 Å². The van der Waals surface area contributed by atoms with Crippen molar-refractivity contribution in [2.75, 3.05) is 5.32 Å². The molecule has 0 fully saturated rings. The molecule has 0 unspecified atom stereocenters. The Labute approximate surface area is 106 Å². The number of anilines is 1. The van der Waals surface area contributed by atoms with E-state index in [1.807, 2.05) is 0 Å². The lowest BCUT2D eigenvalue weighted by molar-refractivity contribution is -0.387. The summed E-state index contributed by atoms with van der Waals surface area (Å²) in [5.74, 6) is -1.65. The highest BCUT2D eigenvalue weighted by Crippen LogP contribution is 2.21. The SMILES string of the molecule is C[C@@H](NC(N)=O)C(=O)Nc1ccc(F)c([N+](=O)[O-])c1. The Morgan fingerprint density at radius 3 is 2.63 bits per heavy atom. The number of hydrogen-bond acceptors (Lipinski definition) is 4. The van der Waals surface area contributed by atoms with Crippen LogP contribution in [-0.2, 0) is 4.79 Å². The highest BCUT2D eigenvalue weighted by molar-refractivity contribution is 5.96. The number of primary amides is 1. The first-order chi connectivity index (χ1) is 8.81. The second-order valence-corrected chi connectivity index (χ2v) is 3.64. The molecule has 0 bridgehead atoms. The lowest BCUT2D eigenvalue weighted by atomic mass is 10.2. The monoisotopic (exact) mass is 270 g/mol. The molecule has 8 nitrogen and oxygen atoms in total. The number of carbonyl (C=O) groups is 2. The molecule has 0 aliphatic carbocycles. The van der Waals surface area contributed by atoms with E-state index in [0.717, 1.165) is 18.2 Å². The van der Waals surface area contributed by atoms with Crippen LogP contribution in [0.5, 0.6) is 0 Å². The van der Waals surface area contributed by atoms with Gasteiger partial charge in [0, 0.05) is 11.8 Å². The number of hydrogen-bond donors (Lipinski definition) is 3. The third-order valence-electron chi connectivity index (χ3n) is 2.16. The van der Waals surface area contributed by atoms with Crippen LogP contribution in [0.2, 0.25) is 0 Å². The van der Waals surface area contributed by atoms with Gasteiger partial charge < -0.3 is 16.4 Å². The number of nitro groups is 1. The third kappa shape index (κ3) is 3.91. The lowest BCUT2D eigenvalue weighted by Crippen LogP contribution is -2.44. The van der Waals surface area contributed by atoms with Crippen molar-refractivity contribution in [1.82, 2.24) is 5.32 Å². The zero-order valence-corrected chi connectivity index (χ0v) is 9.84. The van der Waals surface area contributed by atoms with Crippen LogP contribution in [0.3, 0.4) is 0 Å². The Hall–Kier alpha value is -2.71. The molecule has 0 spiro atoms. The molecule has 1 aromatic rings. The number of nitrogens with zero attached hydrogens (tertiary/aromatic N) is 1. The summed E-state index contributed by atoms with van der Waals surface area (Å²) in [5, 5.41) is 14.9. The topological polar surface area (TPSA) is 127 Å². The minimum atomic E-state index is -1.01. The first-order valence-corrected chi connectivity index (χ1v) is 5.12. The van der Waals surface area contributed by atoms with Crippen LogP contribution < -0.4 is 16.4 Å². The summed E-state index contributed by atoms with van der Waals surface area (Å²) in [4.78, 5) is 31.7. The summed E-state index contributed by atoms with van der Waals surface area (Å²) in [7, 11) is 0. The van der Waals surface area contributed by atoms with Gasteiger partial charge in [0.15, 0.2) is 0 Å². The average molecular weight is 270 g/mol. The zero-order valence-electron chi connectivity index (χ0n) is 9.84. The standard InChI is InChI=1S/C10H11FN4O4/c1-5(13-10(12)17)9(16)14-6-2-3-7(11)8(4-6)15(18)19/h2-5H,1H3,(H,14,16)(H3,12,13,17)/t5-/m1/s1. The normalized spacial score (nSPS) is 11.5. The molecule has 9 heteroatoms. The summed E-state index contributed by atoms with van der Waals surface area (Å²) >= 11 is 0. The number of nitro benzene ring substituents is 1. The van der Waals surface area contributed by atoms with Crippen LogP contribution in [0, 0.1) is 15.9 Å². The van der Waals surface area contributed by atoms with Crippen molar-refractivity contribution < 1.29 is 18.9 Å². The van der Waals surface area contributed by atoms with Crippen molar-refractivity contribution in [3.05, 3.63) is 34.1 Å². The maximum absolute atomic E-state index is 13.1. The van der Waals surface area contributed by atoms with Gasteiger partial charge in [-0.1, -0.05) is 0 Å². The van der Waals surface area contributed by atoms with Crippen molar-refractivity contribution >= 4 is 23.3 Å². The predicted octanol–water partition coefficient (Wildman–Crippen LogP) is 0.729. The molecule has 1 aromatic carbocycles. The van der Waals surface area contributed by atoms with Crippen LogP contribution in [0.25, 0.3) is 0 Å². The van der Waals surface area contributed by atoms with E-state index in [0.29, 0.717) is 0 Å². The number of benzene rings is 1. The highest BCUT2D eigenvalue weighted by atomic mass is 19.1. The third-order valence-corrected chi connectivity index (χ3v) is 2.16. The van der Waals surface area contributed by atoms with Gasteiger partial charge in [-0.05, 0) is 19.1 Å². The van der Waals surface area contributed by atoms with Gasteiger partial charge in [0.05, 0.1) is 4.92 Å². The molecule has 0 aromatic heterocycles. The Morgan fingerprint density at radius 1 is 1.47 bits per heavy atom. The molecule has 0 radical (unpaired) electrons. The quantitative estimate of drug-likeness (QED) is 0.550. The van der Waals surface area contributed by atoms with Gasteiger partial charge in [0.25, 0.3) is 0 Å². The minimum Gasteiger partial charge on any atom is -0.352 e. The molecular formula is C10H11FN4O4. The Balaban J connectivity index is 2.83. The van der Waals surface area contributed by atoms with Gasteiger partial charge in [0.2, 0.25) is 11.7 Å². The predicted molar refractivity (Wildman–Crippen MR) is 63.9 cm³/mol. The zero-order chi connectivity index (χ0) is 14.6. The molecule has 0 heterocycles. The maximum Gasteiger partial charge on any atom is 0.312 e. The number of nitrogens with one attached hydrogen (secondary N) is 2. The fraction of sp³-hybridized carbons (Fsp3) is 0.200. The van der Waals surface area contributed by atoms with Gasteiger partial charge in [-0.15, -0.1) is 0 Å². The molecule has 4 N–H and O–H groups in total. The molecular weight excluding hydrogens is 259 g/mol. The number of carbonyl (C=O) groups excluding carboxylic acids is 2. The van der Waals surface area contributed by atoms with Crippen molar-refractivity contribution in [2.24, 2.45) is 5.73 Å². The van der Waals surface area contributed by atoms with Gasteiger partial charge in [-0.25, -0.2) is 4.79 Å². The molecule has 0 saturated carbocycles. The van der Waals surface area contributed by atoms with Gasteiger partial charge in [0.1, 0.15) is 6.04 Å². The molecule has 0 saturated heterocycles. The summed E-state index contributed by atoms with van der Waals surface area (Å²) in [6.45, 7) is 1.37. The fourth-order valence-electron chi connectivity index (χ4n) is 1.26. The Morgan fingerprint density at radius 2 is 2.11 bits per heavy atom. The first kappa shape index (κ1) is 14.4. The van der Waals surface area contributed by atoms with E-state index in [9.17, 15) is 24.1 Å². The number of amides is 3. The van der Waals surface area contributed by atoms with Crippen molar-refractivity contribution in [3.63, 3.8) is 0 Å². The van der Waals surface area contributed by atoms with E-state index in [-0.39, 0.29) is 5.69 Å². The van der Waals surface area contributed by atoms with Crippen molar-refractivity contribution in [3.8, 4) is 0 Å². The lowest BCUT2D eigenvalue weighted by Gasteiger charge is -2.12. The molecule has 1 atom stereocenters. The largest absolute Gasteiger partial charge is 0.352 e. The summed E-state index contributed by atoms with van der Waals surface area (Å²) in [6, 6.07) is 1.09. The van der Waals surface area contributed by atoms with Crippen LogP contribution in [0.15, 0.2) is 18.2 Å². The smallest absolute Gasteiger partial charge is 0.312 e. The highest BCUT2D eigenvalue weighted by Gasteiger charge is 2.18. The van der Waals surface area contributed by atoms with Gasteiger partial charge >= 0.3 is 11.7 Å². The summed E-state index contributed by atoms with van der Waals surface area (Å²) in [6.07, 6.45) is 0. The molecule has 102 valence electrons. The Kier molecular flexibility index (Phi) is 4.35. The minimum absolute atomic E-state index is 0.0382. The van der Waals surface area contributed by atoms with E-state index in [4.69, 9.17) is 5.73 Å². The second-order valence-electron chi connectivity index (χ2n) is 3.64. The van der Waals surface area contributed by atoms with Crippen LogP contribution in [-0.4, -0.2) is 22.9 Å². The van der Waals surface area contributed by atoms with E-state index in [2.05, 4.69) is 10.6 Å². The first-order valence-electron chi connectivity index (χ1n) is 5.12. The fourth-order valence-corrected chi connectivity index (χ4v) is 1.26. The van der Waals surface area contributed by atoms with Crippen molar-refractivity contribution in [2.45, 2.75) is 13.0 Å².